The van der Waals surface area contributed by atoms with E-state index in [1.165, 1.54) is 6.07 Å². The van der Waals surface area contributed by atoms with Crippen LogP contribution in [0.3, 0.4) is 0 Å². The lowest BCUT2D eigenvalue weighted by Gasteiger charge is -2.19. The Hall–Kier alpha value is -0.930. The van der Waals surface area contributed by atoms with Gasteiger partial charge in [-0.3, -0.25) is 0 Å². The van der Waals surface area contributed by atoms with Crippen molar-refractivity contribution in [2.75, 3.05) is 0 Å². The molecule has 88 valence electrons. The normalized spacial score (nSPS) is 12.6. The van der Waals surface area contributed by atoms with Gasteiger partial charge in [0, 0.05) is 17.0 Å². The Labute approximate surface area is 104 Å². The first-order valence-corrected chi connectivity index (χ1v) is 5.52. The van der Waals surface area contributed by atoms with Crippen LogP contribution in [0.4, 0.5) is 0 Å². The summed E-state index contributed by atoms with van der Waals surface area (Å²) >= 11 is 11.6. The molecule has 3 nitrogen and oxygen atoms in total. The third-order valence-corrected chi connectivity index (χ3v) is 2.54. The largest absolute Gasteiger partial charge is 0.478 e. The minimum absolute atomic E-state index is 0.160. The third kappa shape index (κ3) is 3.29. The molecule has 16 heavy (non-hydrogen) atoms. The summed E-state index contributed by atoms with van der Waals surface area (Å²) < 4.78 is 5.33. The number of halogens is 2. The van der Waals surface area contributed by atoms with Crippen LogP contribution in [0.25, 0.3) is 0 Å². The lowest BCUT2D eigenvalue weighted by molar-refractivity contribution is -0.147. The molecule has 0 radical (unpaired) electrons. The van der Waals surface area contributed by atoms with E-state index in [2.05, 4.69) is 0 Å². The molecular weight excluding hydrogens is 251 g/mol. The monoisotopic (exact) mass is 262 g/mol. The van der Waals surface area contributed by atoms with Gasteiger partial charge in [-0.25, -0.2) is 4.79 Å². The van der Waals surface area contributed by atoms with E-state index in [9.17, 15) is 4.79 Å². The van der Waals surface area contributed by atoms with Crippen molar-refractivity contribution in [3.05, 3.63) is 28.2 Å². The topological polar surface area (TPSA) is 46.5 Å². The van der Waals surface area contributed by atoms with Crippen molar-refractivity contribution in [2.24, 2.45) is 5.92 Å². The fraction of sp³-hybridized carbons (Fsp3) is 0.364. The first-order valence-electron chi connectivity index (χ1n) is 4.76. The van der Waals surface area contributed by atoms with Gasteiger partial charge in [0.25, 0.3) is 0 Å². The van der Waals surface area contributed by atoms with Gasteiger partial charge in [0.15, 0.2) is 6.10 Å². The van der Waals surface area contributed by atoms with Gasteiger partial charge in [-0.2, -0.15) is 0 Å². The summed E-state index contributed by atoms with van der Waals surface area (Å²) in [5.74, 6) is -0.895. The van der Waals surface area contributed by atoms with E-state index in [0.717, 1.165) is 0 Å². The van der Waals surface area contributed by atoms with E-state index in [-0.39, 0.29) is 11.7 Å². The Morgan fingerprint density at radius 3 is 2.50 bits per heavy atom. The number of carbonyl (C=O) groups is 1. The number of carboxylic acids is 1. The number of rotatable bonds is 4. The summed E-state index contributed by atoms with van der Waals surface area (Å²) in [5, 5.41) is 9.76. The predicted molar refractivity (Wildman–Crippen MR) is 63.4 cm³/mol. The minimum atomic E-state index is -1.02. The molecular formula is C11H12Cl2O3. The van der Waals surface area contributed by atoms with E-state index in [1.54, 1.807) is 26.0 Å². The summed E-state index contributed by atoms with van der Waals surface area (Å²) in [5.41, 5.74) is 0. The van der Waals surface area contributed by atoms with Gasteiger partial charge in [0.05, 0.1) is 5.02 Å². The van der Waals surface area contributed by atoms with E-state index < -0.39 is 12.1 Å². The van der Waals surface area contributed by atoms with Crippen molar-refractivity contribution >= 4 is 29.2 Å². The number of hydrogen-bond donors (Lipinski definition) is 1. The number of ether oxygens (including phenoxy) is 1. The zero-order chi connectivity index (χ0) is 12.3. The Kier molecular flexibility index (Phi) is 4.44. The molecule has 1 unspecified atom stereocenters. The maximum absolute atomic E-state index is 10.9. The van der Waals surface area contributed by atoms with Crippen LogP contribution in [0.15, 0.2) is 18.2 Å². The van der Waals surface area contributed by atoms with E-state index >= 15 is 0 Å². The molecule has 0 aromatic heterocycles. The second-order valence-corrected chi connectivity index (χ2v) is 4.54. The van der Waals surface area contributed by atoms with Crippen LogP contribution < -0.4 is 4.74 Å². The molecule has 0 aliphatic rings. The standard InChI is InChI=1S/C11H12Cl2O3/c1-6(2)10(11(14)15)16-9-5-7(12)3-4-8(9)13/h3-6,10H,1-2H3,(H,14,15). The lowest BCUT2D eigenvalue weighted by Crippen LogP contribution is -2.32. The van der Waals surface area contributed by atoms with Crippen LogP contribution in [0.2, 0.25) is 10.0 Å². The van der Waals surface area contributed by atoms with Gasteiger partial charge in [-0.05, 0) is 12.1 Å². The molecule has 0 bridgehead atoms. The summed E-state index contributed by atoms with van der Waals surface area (Å²) in [7, 11) is 0. The van der Waals surface area contributed by atoms with Gasteiger partial charge in [0.2, 0.25) is 0 Å². The van der Waals surface area contributed by atoms with Crippen molar-refractivity contribution in [1.82, 2.24) is 0 Å². The second-order valence-electron chi connectivity index (χ2n) is 3.70. The molecule has 0 saturated heterocycles. The van der Waals surface area contributed by atoms with Crippen LogP contribution in [0, 0.1) is 5.92 Å². The van der Waals surface area contributed by atoms with Gasteiger partial charge in [0.1, 0.15) is 5.75 Å². The van der Waals surface area contributed by atoms with Crippen LogP contribution in [0.5, 0.6) is 5.75 Å². The Morgan fingerprint density at radius 1 is 1.38 bits per heavy atom. The maximum Gasteiger partial charge on any atom is 0.345 e. The zero-order valence-corrected chi connectivity index (χ0v) is 10.4. The van der Waals surface area contributed by atoms with Crippen molar-refractivity contribution in [3.63, 3.8) is 0 Å². The fourth-order valence-corrected chi connectivity index (χ4v) is 1.50. The summed E-state index contributed by atoms with van der Waals surface area (Å²) in [6, 6.07) is 4.68. The van der Waals surface area contributed by atoms with Gasteiger partial charge < -0.3 is 9.84 Å². The highest BCUT2D eigenvalue weighted by Crippen LogP contribution is 2.29. The SMILES string of the molecule is CC(C)C(Oc1cc(Cl)ccc1Cl)C(=O)O. The molecule has 5 heteroatoms. The number of benzene rings is 1. The Morgan fingerprint density at radius 2 is 2.00 bits per heavy atom. The van der Waals surface area contributed by atoms with Crippen molar-refractivity contribution in [2.45, 2.75) is 20.0 Å². The maximum atomic E-state index is 10.9. The molecule has 0 heterocycles. The van der Waals surface area contributed by atoms with Crippen molar-refractivity contribution in [3.8, 4) is 5.75 Å². The number of aliphatic carboxylic acids is 1. The van der Waals surface area contributed by atoms with Crippen LogP contribution in [-0.2, 0) is 4.79 Å². The zero-order valence-electron chi connectivity index (χ0n) is 8.91. The molecule has 1 rings (SSSR count). The molecule has 1 atom stereocenters. The van der Waals surface area contributed by atoms with Crippen molar-refractivity contribution in [1.29, 1.82) is 0 Å². The Balaban J connectivity index is 2.93. The average Bonchev–Trinajstić information content (AvgIpc) is 2.18. The smallest absolute Gasteiger partial charge is 0.345 e. The molecule has 1 aromatic rings. The van der Waals surface area contributed by atoms with Crippen LogP contribution in [0.1, 0.15) is 13.8 Å². The minimum Gasteiger partial charge on any atom is -0.478 e. The molecule has 0 aliphatic heterocycles. The predicted octanol–water partition coefficient (Wildman–Crippen LogP) is 3.48. The number of carboxylic acid groups (broad SMARTS) is 1. The van der Waals surface area contributed by atoms with Crippen LogP contribution in [-0.4, -0.2) is 17.2 Å². The lowest BCUT2D eigenvalue weighted by atomic mass is 10.1. The highest BCUT2D eigenvalue weighted by molar-refractivity contribution is 6.34. The average molecular weight is 263 g/mol. The molecule has 1 aromatic carbocycles. The van der Waals surface area contributed by atoms with E-state index in [4.69, 9.17) is 33.0 Å². The third-order valence-electron chi connectivity index (χ3n) is 2.00. The quantitative estimate of drug-likeness (QED) is 0.904. The van der Waals surface area contributed by atoms with Gasteiger partial charge in [-0.15, -0.1) is 0 Å². The highest BCUT2D eigenvalue weighted by Gasteiger charge is 2.24. The van der Waals surface area contributed by atoms with E-state index in [0.29, 0.717) is 10.0 Å². The highest BCUT2D eigenvalue weighted by atomic mass is 35.5. The summed E-state index contributed by atoms with van der Waals surface area (Å²) in [4.78, 5) is 10.9. The number of hydrogen-bond acceptors (Lipinski definition) is 2. The van der Waals surface area contributed by atoms with Crippen LogP contribution >= 0.6 is 23.2 Å². The van der Waals surface area contributed by atoms with Gasteiger partial charge >= 0.3 is 5.97 Å². The second kappa shape index (κ2) is 5.41. The summed E-state index contributed by atoms with van der Waals surface area (Å²) in [6.07, 6.45) is -0.934. The molecule has 1 N–H and O–H groups in total. The molecule has 0 saturated carbocycles. The molecule has 0 amide bonds. The first kappa shape index (κ1) is 13.1. The molecule has 0 aliphatic carbocycles. The first-order chi connectivity index (χ1) is 7.41. The van der Waals surface area contributed by atoms with E-state index in [1.807, 2.05) is 0 Å². The fourth-order valence-electron chi connectivity index (χ4n) is 1.18. The Bertz CT molecular complexity index is 391. The molecule has 0 spiro atoms. The van der Waals surface area contributed by atoms with Crippen molar-refractivity contribution < 1.29 is 14.6 Å². The molecule has 0 fully saturated rings. The van der Waals surface area contributed by atoms with Gasteiger partial charge in [-0.1, -0.05) is 37.0 Å². The summed E-state index contributed by atoms with van der Waals surface area (Å²) in [6.45, 7) is 3.52.